The van der Waals surface area contributed by atoms with Gasteiger partial charge in [0.05, 0.1) is 17.8 Å². The smallest absolute Gasteiger partial charge is 0.338 e. The Kier molecular flexibility index (Phi) is 7.84. The van der Waals surface area contributed by atoms with Gasteiger partial charge in [-0.05, 0) is 57.0 Å². The molecule has 9 heteroatoms. The molecule has 0 bridgehead atoms. The second-order valence-corrected chi connectivity index (χ2v) is 8.82. The fourth-order valence-corrected chi connectivity index (χ4v) is 2.75. The quantitative estimate of drug-likeness (QED) is 0.576. The normalized spacial score (nSPS) is 11.3. The second kappa shape index (κ2) is 9.96. The van der Waals surface area contributed by atoms with E-state index >= 15 is 0 Å². The number of hydrogen-bond acceptors (Lipinski definition) is 3. The highest BCUT2D eigenvalue weighted by atomic mass is 35.5. The minimum atomic E-state index is -0.939. The summed E-state index contributed by atoms with van der Waals surface area (Å²) in [4.78, 5) is 25.6. The van der Waals surface area contributed by atoms with Crippen molar-refractivity contribution in [2.75, 3.05) is 11.9 Å². The molecule has 0 heterocycles. The first-order valence-electron chi connectivity index (χ1n) is 9.67. The van der Waals surface area contributed by atoms with E-state index in [1.165, 1.54) is 12.1 Å². The van der Waals surface area contributed by atoms with Crippen LogP contribution in [0.2, 0.25) is 5.02 Å². The summed E-state index contributed by atoms with van der Waals surface area (Å²) in [7, 11) is 0. The molecule has 6 nitrogen and oxygen atoms in total. The van der Waals surface area contributed by atoms with Crippen LogP contribution >= 0.6 is 11.6 Å². The van der Waals surface area contributed by atoms with E-state index in [0.717, 1.165) is 17.1 Å². The Labute approximate surface area is 185 Å². The first-order valence-corrected chi connectivity index (χ1v) is 10.0. The lowest BCUT2D eigenvalue weighted by Crippen LogP contribution is -2.56. The molecule has 0 fully saturated rings. The summed E-state index contributed by atoms with van der Waals surface area (Å²) < 4.78 is 32.6. The second-order valence-electron chi connectivity index (χ2n) is 8.38. The molecule has 0 aliphatic heterocycles. The molecule has 2 N–H and O–H groups in total. The number of benzene rings is 2. The Bertz CT molecular complexity index is 962. The van der Waals surface area contributed by atoms with Crippen LogP contribution in [0.15, 0.2) is 36.4 Å². The number of amides is 3. The highest BCUT2D eigenvalue weighted by Gasteiger charge is 2.30. The third-order valence-corrected chi connectivity index (χ3v) is 4.19. The number of halogens is 3. The Morgan fingerprint density at radius 2 is 1.81 bits per heavy atom. The van der Waals surface area contributed by atoms with Crippen molar-refractivity contribution in [1.29, 1.82) is 0 Å². The van der Waals surface area contributed by atoms with E-state index in [2.05, 4.69) is 10.7 Å². The molecule has 0 atom stereocenters. The first kappa shape index (κ1) is 24.4. The number of nitrogens with one attached hydrogen (secondary N) is 2. The monoisotopic (exact) mass is 453 g/mol. The van der Waals surface area contributed by atoms with Gasteiger partial charge in [-0.15, -0.1) is 0 Å². The lowest BCUT2D eigenvalue weighted by atomic mass is 10.1. The third kappa shape index (κ3) is 7.10. The van der Waals surface area contributed by atoms with Gasteiger partial charge in [0, 0.05) is 16.7 Å². The Hall–Kier alpha value is -2.87. The predicted octanol–water partition coefficient (Wildman–Crippen LogP) is 5.63. The van der Waals surface area contributed by atoms with Crippen LogP contribution in [0.25, 0.3) is 0 Å². The van der Waals surface area contributed by atoms with Crippen molar-refractivity contribution in [2.24, 2.45) is 5.92 Å². The van der Waals surface area contributed by atoms with Gasteiger partial charge in [-0.25, -0.2) is 24.0 Å². The summed E-state index contributed by atoms with van der Waals surface area (Å²) in [5, 5.41) is 3.67. The molecule has 0 saturated heterocycles. The predicted molar refractivity (Wildman–Crippen MR) is 116 cm³/mol. The van der Waals surface area contributed by atoms with Gasteiger partial charge in [0.25, 0.3) is 5.91 Å². The first-order chi connectivity index (χ1) is 14.4. The van der Waals surface area contributed by atoms with E-state index in [9.17, 15) is 18.4 Å². The van der Waals surface area contributed by atoms with Crippen molar-refractivity contribution >= 4 is 29.2 Å². The molecule has 0 radical (unpaired) electrons. The van der Waals surface area contributed by atoms with Crippen LogP contribution in [-0.4, -0.2) is 29.1 Å². The molecule has 3 amide bonds. The number of hydrogen-bond donors (Lipinski definition) is 2. The highest BCUT2D eigenvalue weighted by Crippen LogP contribution is 2.24. The summed E-state index contributed by atoms with van der Waals surface area (Å²) in [6.07, 6.45) is 0. The van der Waals surface area contributed by atoms with Gasteiger partial charge < -0.3 is 10.1 Å². The standard InChI is InChI=1S/C22H26ClF2N3O3/c1-13(2)12-31-17-9-14(8-15(23)10-17)20(29)28(22(3,4)5)27-21(30)26-19-7-6-16(24)11-18(19)25/h6-11,13H,12H2,1-5H3,(H2,26,27,30). The molecule has 0 aliphatic rings. The van der Waals surface area contributed by atoms with Gasteiger partial charge in [0.15, 0.2) is 0 Å². The lowest BCUT2D eigenvalue weighted by Gasteiger charge is -2.35. The topological polar surface area (TPSA) is 70.7 Å². The molecule has 0 aromatic heterocycles. The number of ether oxygens (including phenoxy) is 1. The maximum Gasteiger partial charge on any atom is 0.338 e. The van der Waals surface area contributed by atoms with Crippen molar-refractivity contribution in [3.8, 4) is 5.75 Å². The van der Waals surface area contributed by atoms with E-state index in [1.54, 1.807) is 26.8 Å². The van der Waals surface area contributed by atoms with E-state index < -0.39 is 29.1 Å². The van der Waals surface area contributed by atoms with Crippen LogP contribution in [0.5, 0.6) is 5.75 Å². The van der Waals surface area contributed by atoms with E-state index in [-0.39, 0.29) is 17.2 Å². The zero-order valence-electron chi connectivity index (χ0n) is 18.1. The number of urea groups is 1. The Morgan fingerprint density at radius 1 is 1.13 bits per heavy atom. The highest BCUT2D eigenvalue weighted by molar-refractivity contribution is 6.31. The number of anilines is 1. The summed E-state index contributed by atoms with van der Waals surface area (Å²) in [6.45, 7) is 9.56. The number of hydrazine groups is 1. The van der Waals surface area contributed by atoms with Gasteiger partial charge in [0.1, 0.15) is 17.4 Å². The molecular weight excluding hydrogens is 428 g/mol. The largest absolute Gasteiger partial charge is 0.493 e. The minimum Gasteiger partial charge on any atom is -0.493 e. The molecule has 2 aromatic rings. The van der Waals surface area contributed by atoms with Crippen molar-refractivity contribution < 1.29 is 23.1 Å². The molecule has 2 aromatic carbocycles. The fraction of sp³-hybridized carbons (Fsp3) is 0.364. The van der Waals surface area contributed by atoms with Gasteiger partial charge >= 0.3 is 6.03 Å². The van der Waals surface area contributed by atoms with Crippen molar-refractivity contribution in [3.05, 3.63) is 58.6 Å². The van der Waals surface area contributed by atoms with Crippen molar-refractivity contribution in [2.45, 2.75) is 40.2 Å². The van der Waals surface area contributed by atoms with Crippen molar-refractivity contribution in [1.82, 2.24) is 10.4 Å². The number of rotatable bonds is 5. The van der Waals surface area contributed by atoms with Crippen LogP contribution in [0.4, 0.5) is 19.3 Å². The molecule has 2 rings (SSSR count). The van der Waals surface area contributed by atoms with Crippen LogP contribution in [0.1, 0.15) is 45.0 Å². The maximum atomic E-state index is 13.8. The average Bonchev–Trinajstić information content (AvgIpc) is 2.65. The number of carbonyl (C=O) groups is 2. The van der Waals surface area contributed by atoms with Gasteiger partial charge in [-0.2, -0.15) is 0 Å². The third-order valence-electron chi connectivity index (χ3n) is 3.97. The van der Waals surface area contributed by atoms with Crippen LogP contribution < -0.4 is 15.5 Å². The minimum absolute atomic E-state index is 0.203. The Morgan fingerprint density at radius 3 is 2.39 bits per heavy atom. The van der Waals surface area contributed by atoms with Gasteiger partial charge in [-0.1, -0.05) is 25.4 Å². The van der Waals surface area contributed by atoms with Crippen molar-refractivity contribution in [3.63, 3.8) is 0 Å². The molecular formula is C22H26ClF2N3O3. The molecule has 31 heavy (non-hydrogen) atoms. The zero-order valence-corrected chi connectivity index (χ0v) is 18.8. The molecule has 0 spiro atoms. The SMILES string of the molecule is CC(C)COc1cc(Cl)cc(C(=O)N(NC(=O)Nc2ccc(F)cc2F)C(C)(C)C)c1. The summed E-state index contributed by atoms with van der Waals surface area (Å²) in [5.74, 6) is -1.55. The molecule has 168 valence electrons. The molecule has 0 saturated carbocycles. The van der Waals surface area contributed by atoms with E-state index in [4.69, 9.17) is 16.3 Å². The Balaban J connectivity index is 2.24. The summed E-state index contributed by atoms with van der Waals surface area (Å²) >= 11 is 6.15. The summed E-state index contributed by atoms with van der Waals surface area (Å²) in [5.41, 5.74) is 1.56. The van der Waals surface area contributed by atoms with Gasteiger partial charge in [0.2, 0.25) is 0 Å². The van der Waals surface area contributed by atoms with E-state index in [1.807, 2.05) is 13.8 Å². The van der Waals surface area contributed by atoms with Crippen LogP contribution in [-0.2, 0) is 0 Å². The molecule has 0 aliphatic carbocycles. The summed E-state index contributed by atoms with van der Waals surface area (Å²) in [6, 6.07) is 6.47. The average molecular weight is 454 g/mol. The molecule has 0 unspecified atom stereocenters. The maximum absolute atomic E-state index is 13.8. The van der Waals surface area contributed by atoms with Crippen LogP contribution in [0.3, 0.4) is 0 Å². The van der Waals surface area contributed by atoms with E-state index in [0.29, 0.717) is 23.4 Å². The zero-order chi connectivity index (χ0) is 23.3. The lowest BCUT2D eigenvalue weighted by molar-refractivity contribution is 0.0460. The fourth-order valence-electron chi connectivity index (χ4n) is 2.53. The van der Waals surface area contributed by atoms with Crippen LogP contribution in [0, 0.1) is 17.6 Å². The van der Waals surface area contributed by atoms with Gasteiger partial charge in [-0.3, -0.25) is 4.79 Å². The number of nitrogens with zero attached hydrogens (tertiary/aromatic N) is 1. The number of carbonyl (C=O) groups excluding carboxylic acids is 2.